The van der Waals surface area contributed by atoms with E-state index in [1.54, 1.807) is 6.08 Å². The molecule has 0 amide bonds. The van der Waals surface area contributed by atoms with Gasteiger partial charge in [0, 0.05) is 21.7 Å². The Morgan fingerprint density at radius 1 is 1.04 bits per heavy atom. The SMILES string of the molecule is Cc1ccc(/C=C/C(=O)c2c(C)nc3cc(Cl)ccc3c2-c2ccccc2)o1. The zero-order chi connectivity index (χ0) is 19.7. The number of aryl methyl sites for hydroxylation is 2. The van der Waals surface area contributed by atoms with Crippen molar-refractivity contribution in [3.8, 4) is 11.1 Å². The number of fused-ring (bicyclic) bond motifs is 1. The number of rotatable bonds is 4. The molecule has 0 N–H and O–H groups in total. The molecule has 0 fully saturated rings. The standard InChI is InChI=1S/C24H18ClNO2/c1-15-8-10-19(28-15)11-13-22(27)23-16(2)26-21-14-18(25)9-12-20(21)24(23)17-6-4-3-5-7-17/h3-14H,1-2H3/b13-11+. The fourth-order valence-electron chi connectivity index (χ4n) is 3.35. The summed E-state index contributed by atoms with van der Waals surface area (Å²) >= 11 is 6.16. The second-order valence-electron chi connectivity index (χ2n) is 6.62. The zero-order valence-corrected chi connectivity index (χ0v) is 16.3. The summed E-state index contributed by atoms with van der Waals surface area (Å²) in [6.07, 6.45) is 3.23. The molecule has 0 aliphatic carbocycles. The predicted molar refractivity (Wildman–Crippen MR) is 114 cm³/mol. The fourth-order valence-corrected chi connectivity index (χ4v) is 3.52. The van der Waals surface area contributed by atoms with Gasteiger partial charge in [-0.15, -0.1) is 0 Å². The molecule has 4 aromatic rings. The lowest BCUT2D eigenvalue weighted by Gasteiger charge is -2.14. The Bertz CT molecular complexity index is 1210. The maximum absolute atomic E-state index is 13.2. The zero-order valence-electron chi connectivity index (χ0n) is 15.6. The quantitative estimate of drug-likeness (QED) is 0.290. The van der Waals surface area contributed by atoms with Crippen LogP contribution < -0.4 is 0 Å². The highest BCUT2D eigenvalue weighted by atomic mass is 35.5. The lowest BCUT2D eigenvalue weighted by atomic mass is 9.92. The van der Waals surface area contributed by atoms with Gasteiger partial charge < -0.3 is 4.42 Å². The van der Waals surface area contributed by atoms with Gasteiger partial charge in [0.2, 0.25) is 0 Å². The van der Waals surface area contributed by atoms with Crippen molar-refractivity contribution in [2.45, 2.75) is 13.8 Å². The topological polar surface area (TPSA) is 43.1 Å². The molecule has 4 rings (SSSR count). The molecule has 2 heterocycles. The highest BCUT2D eigenvalue weighted by Crippen LogP contribution is 2.34. The summed E-state index contributed by atoms with van der Waals surface area (Å²) in [6, 6.07) is 19.1. The second kappa shape index (κ2) is 7.45. The average molecular weight is 388 g/mol. The molecule has 2 aromatic heterocycles. The normalized spacial score (nSPS) is 11.4. The van der Waals surface area contributed by atoms with E-state index in [4.69, 9.17) is 16.0 Å². The van der Waals surface area contributed by atoms with Gasteiger partial charge in [-0.2, -0.15) is 0 Å². The highest BCUT2D eigenvalue weighted by Gasteiger charge is 2.19. The Morgan fingerprint density at radius 3 is 2.54 bits per heavy atom. The number of ketones is 1. The summed E-state index contributed by atoms with van der Waals surface area (Å²) < 4.78 is 5.53. The van der Waals surface area contributed by atoms with Gasteiger partial charge in [0.15, 0.2) is 5.78 Å². The molecule has 0 unspecified atom stereocenters. The Labute approximate surface area is 168 Å². The molecule has 0 saturated carbocycles. The molecular weight excluding hydrogens is 370 g/mol. The number of nitrogens with zero attached hydrogens (tertiary/aromatic N) is 1. The summed E-state index contributed by atoms with van der Waals surface area (Å²) in [7, 11) is 0. The van der Waals surface area contributed by atoms with Crippen LogP contribution in [0.3, 0.4) is 0 Å². The lowest BCUT2D eigenvalue weighted by molar-refractivity contribution is 0.104. The van der Waals surface area contributed by atoms with Gasteiger partial charge >= 0.3 is 0 Å². The van der Waals surface area contributed by atoms with Gasteiger partial charge in [0.05, 0.1) is 11.1 Å². The smallest absolute Gasteiger partial charge is 0.188 e. The molecule has 0 radical (unpaired) electrons. The minimum Gasteiger partial charge on any atom is -0.462 e. The first-order chi connectivity index (χ1) is 13.5. The lowest BCUT2D eigenvalue weighted by Crippen LogP contribution is -2.05. The molecule has 0 atom stereocenters. The van der Waals surface area contributed by atoms with E-state index in [1.165, 1.54) is 6.08 Å². The summed E-state index contributed by atoms with van der Waals surface area (Å²) in [4.78, 5) is 17.8. The molecule has 0 aliphatic rings. The number of allylic oxidation sites excluding steroid dienone is 1. The van der Waals surface area contributed by atoms with E-state index < -0.39 is 0 Å². The Balaban J connectivity index is 1.92. The molecule has 0 saturated heterocycles. The molecule has 138 valence electrons. The Kier molecular flexibility index (Phi) is 4.84. The van der Waals surface area contributed by atoms with Crippen LogP contribution in [0.4, 0.5) is 0 Å². The van der Waals surface area contributed by atoms with Crippen molar-refractivity contribution in [1.82, 2.24) is 4.98 Å². The Morgan fingerprint density at radius 2 is 1.82 bits per heavy atom. The third kappa shape index (κ3) is 3.49. The third-order valence-electron chi connectivity index (χ3n) is 4.60. The van der Waals surface area contributed by atoms with Gasteiger partial charge in [-0.25, -0.2) is 0 Å². The minimum absolute atomic E-state index is 0.116. The first kappa shape index (κ1) is 18.2. The van der Waals surface area contributed by atoms with Crippen molar-refractivity contribution >= 4 is 34.4 Å². The molecular formula is C24H18ClNO2. The van der Waals surface area contributed by atoms with E-state index in [2.05, 4.69) is 4.98 Å². The number of carbonyl (C=O) groups is 1. The third-order valence-corrected chi connectivity index (χ3v) is 4.83. The molecule has 0 bridgehead atoms. The fraction of sp³-hybridized carbons (Fsp3) is 0.0833. The molecule has 28 heavy (non-hydrogen) atoms. The van der Waals surface area contributed by atoms with Gasteiger partial charge in [-0.3, -0.25) is 9.78 Å². The number of carbonyl (C=O) groups excluding carboxylic acids is 1. The number of hydrogen-bond donors (Lipinski definition) is 0. The molecule has 4 heteroatoms. The van der Waals surface area contributed by atoms with E-state index in [-0.39, 0.29) is 5.78 Å². The molecule has 3 nitrogen and oxygen atoms in total. The summed E-state index contributed by atoms with van der Waals surface area (Å²) in [5, 5.41) is 1.51. The summed E-state index contributed by atoms with van der Waals surface area (Å²) in [5.41, 5.74) is 3.85. The molecule has 0 aliphatic heterocycles. The van der Waals surface area contributed by atoms with Crippen molar-refractivity contribution in [3.63, 3.8) is 0 Å². The monoisotopic (exact) mass is 387 g/mol. The van der Waals surface area contributed by atoms with Gasteiger partial charge in [-0.05, 0) is 55.8 Å². The summed E-state index contributed by atoms with van der Waals surface area (Å²) in [6.45, 7) is 3.72. The maximum atomic E-state index is 13.2. The number of aromatic nitrogens is 1. The van der Waals surface area contributed by atoms with Crippen molar-refractivity contribution in [2.75, 3.05) is 0 Å². The van der Waals surface area contributed by atoms with Crippen LogP contribution in [-0.4, -0.2) is 10.8 Å². The molecule has 0 spiro atoms. The number of benzene rings is 2. The summed E-state index contributed by atoms with van der Waals surface area (Å²) in [5.74, 6) is 1.33. The first-order valence-electron chi connectivity index (χ1n) is 8.97. The van der Waals surface area contributed by atoms with Crippen molar-refractivity contribution in [3.05, 3.63) is 94.5 Å². The maximum Gasteiger partial charge on any atom is 0.188 e. The number of furan rings is 1. The van der Waals surface area contributed by atoms with Crippen LogP contribution in [0.1, 0.15) is 27.6 Å². The van der Waals surface area contributed by atoms with Crippen molar-refractivity contribution < 1.29 is 9.21 Å². The van der Waals surface area contributed by atoms with Crippen molar-refractivity contribution in [2.24, 2.45) is 0 Å². The van der Waals surface area contributed by atoms with E-state index in [0.717, 1.165) is 27.8 Å². The van der Waals surface area contributed by atoms with Crippen LogP contribution >= 0.6 is 11.6 Å². The predicted octanol–water partition coefficient (Wildman–Crippen LogP) is 6.66. The van der Waals surface area contributed by atoms with Crippen molar-refractivity contribution in [1.29, 1.82) is 0 Å². The van der Waals surface area contributed by atoms with E-state index in [0.29, 0.717) is 22.0 Å². The second-order valence-corrected chi connectivity index (χ2v) is 7.06. The number of hydrogen-bond acceptors (Lipinski definition) is 3. The van der Waals surface area contributed by atoms with Crippen LogP contribution in [0, 0.1) is 13.8 Å². The van der Waals surface area contributed by atoms with E-state index in [9.17, 15) is 4.79 Å². The van der Waals surface area contributed by atoms with Crippen LogP contribution in [0.5, 0.6) is 0 Å². The number of pyridine rings is 1. The Hall–Kier alpha value is -3.17. The number of halogens is 1. The first-order valence-corrected chi connectivity index (χ1v) is 9.35. The van der Waals surface area contributed by atoms with Crippen LogP contribution in [0.2, 0.25) is 5.02 Å². The average Bonchev–Trinajstić information content (AvgIpc) is 3.11. The molecule has 2 aromatic carbocycles. The van der Waals surface area contributed by atoms with E-state index >= 15 is 0 Å². The highest BCUT2D eigenvalue weighted by molar-refractivity contribution is 6.31. The van der Waals surface area contributed by atoms with E-state index in [1.807, 2.05) is 74.5 Å². The van der Waals surface area contributed by atoms with Gasteiger partial charge in [-0.1, -0.05) is 48.0 Å². The van der Waals surface area contributed by atoms with Crippen LogP contribution in [-0.2, 0) is 0 Å². The largest absolute Gasteiger partial charge is 0.462 e. The van der Waals surface area contributed by atoms with Gasteiger partial charge in [0.25, 0.3) is 0 Å². The van der Waals surface area contributed by atoms with Gasteiger partial charge in [0.1, 0.15) is 11.5 Å². The minimum atomic E-state index is -0.116. The van der Waals surface area contributed by atoms with Crippen LogP contribution in [0.25, 0.3) is 28.1 Å². The van der Waals surface area contributed by atoms with Crippen LogP contribution in [0.15, 0.2) is 71.2 Å².